The second-order valence-corrected chi connectivity index (χ2v) is 5.62. The van der Waals surface area contributed by atoms with E-state index in [-0.39, 0.29) is 6.04 Å². The quantitative estimate of drug-likeness (QED) is 0.635. The van der Waals surface area contributed by atoms with Crippen LogP contribution in [0.1, 0.15) is 17.2 Å². The first-order valence-electron chi connectivity index (χ1n) is 5.86. The van der Waals surface area contributed by atoms with Gasteiger partial charge in [0.05, 0.1) is 6.04 Å². The van der Waals surface area contributed by atoms with E-state index in [2.05, 4.69) is 21.4 Å². The van der Waals surface area contributed by atoms with Crippen molar-refractivity contribution in [3.8, 4) is 0 Å². The van der Waals surface area contributed by atoms with E-state index < -0.39 is 11.6 Å². The summed E-state index contributed by atoms with van der Waals surface area (Å²) in [5.41, 5.74) is 3.87. The summed E-state index contributed by atoms with van der Waals surface area (Å²) in [6, 6.07) is 8.46. The molecule has 0 heterocycles. The average molecular weight is 362 g/mol. The van der Waals surface area contributed by atoms with Crippen molar-refractivity contribution in [2.75, 3.05) is 0 Å². The molecule has 0 aliphatic carbocycles. The zero-order valence-electron chi connectivity index (χ0n) is 10.3. The zero-order valence-corrected chi connectivity index (χ0v) is 12.7. The van der Waals surface area contributed by atoms with E-state index in [4.69, 9.17) is 17.4 Å². The second-order valence-electron chi connectivity index (χ2n) is 4.32. The van der Waals surface area contributed by atoms with Gasteiger partial charge in [0.15, 0.2) is 0 Å². The smallest absolute Gasteiger partial charge is 0.129 e. The fourth-order valence-corrected chi connectivity index (χ4v) is 2.91. The summed E-state index contributed by atoms with van der Waals surface area (Å²) in [6.07, 6.45) is 0.294. The predicted molar refractivity (Wildman–Crippen MR) is 79.3 cm³/mol. The van der Waals surface area contributed by atoms with E-state index >= 15 is 0 Å². The summed E-state index contributed by atoms with van der Waals surface area (Å²) in [5, 5.41) is 0.587. The van der Waals surface area contributed by atoms with Gasteiger partial charge in [-0.3, -0.25) is 11.3 Å². The Kier molecular flexibility index (Phi) is 5.10. The summed E-state index contributed by atoms with van der Waals surface area (Å²) in [7, 11) is 0. The Balaban J connectivity index is 2.28. The fourth-order valence-electron chi connectivity index (χ4n) is 1.95. The van der Waals surface area contributed by atoms with Gasteiger partial charge in [0, 0.05) is 15.6 Å². The molecule has 0 radical (unpaired) electrons. The summed E-state index contributed by atoms with van der Waals surface area (Å²) in [5.74, 6) is 4.35. The second kappa shape index (κ2) is 6.63. The highest BCUT2D eigenvalue weighted by molar-refractivity contribution is 9.10. The minimum atomic E-state index is -0.601. The summed E-state index contributed by atoms with van der Waals surface area (Å²) >= 11 is 9.28. The monoisotopic (exact) mass is 360 g/mol. The largest absolute Gasteiger partial charge is 0.271 e. The number of nitrogens with one attached hydrogen (secondary N) is 1. The third-order valence-electron chi connectivity index (χ3n) is 2.98. The molecule has 0 amide bonds. The first-order chi connectivity index (χ1) is 9.51. The molecule has 2 aromatic carbocycles. The normalized spacial score (nSPS) is 12.4. The number of hydrogen-bond acceptors (Lipinski definition) is 2. The number of rotatable bonds is 4. The Bertz CT molecular complexity index is 622. The minimum Gasteiger partial charge on any atom is -0.271 e. The highest BCUT2D eigenvalue weighted by Crippen LogP contribution is 2.29. The van der Waals surface area contributed by atoms with Crippen LogP contribution in [0.4, 0.5) is 8.78 Å². The van der Waals surface area contributed by atoms with E-state index in [1.165, 1.54) is 12.1 Å². The first kappa shape index (κ1) is 15.4. The first-order valence-corrected chi connectivity index (χ1v) is 7.03. The van der Waals surface area contributed by atoms with Gasteiger partial charge in [-0.2, -0.15) is 0 Å². The van der Waals surface area contributed by atoms with Gasteiger partial charge in [-0.1, -0.05) is 39.7 Å². The maximum absolute atomic E-state index is 13.7. The van der Waals surface area contributed by atoms with Crippen molar-refractivity contribution >= 4 is 27.5 Å². The van der Waals surface area contributed by atoms with Gasteiger partial charge in [-0.25, -0.2) is 8.78 Å². The van der Waals surface area contributed by atoms with E-state index in [0.717, 1.165) is 16.1 Å². The van der Waals surface area contributed by atoms with Crippen LogP contribution in [0.3, 0.4) is 0 Å². The highest BCUT2D eigenvalue weighted by atomic mass is 79.9. The molecule has 0 aliphatic rings. The van der Waals surface area contributed by atoms with Crippen LogP contribution in [-0.2, 0) is 6.42 Å². The van der Waals surface area contributed by atoms with E-state index in [1.807, 2.05) is 0 Å². The molecule has 0 bridgehead atoms. The van der Waals surface area contributed by atoms with Gasteiger partial charge < -0.3 is 0 Å². The van der Waals surface area contributed by atoms with Crippen LogP contribution >= 0.6 is 27.5 Å². The molecule has 1 unspecified atom stereocenters. The predicted octanol–water partition coefficient (Wildman–Crippen LogP) is 4.13. The Hall–Kier alpha value is -1.01. The van der Waals surface area contributed by atoms with Gasteiger partial charge in [-0.15, -0.1) is 0 Å². The molecule has 2 aromatic rings. The molecular weight excluding hydrogens is 350 g/mol. The molecule has 20 heavy (non-hydrogen) atoms. The Morgan fingerprint density at radius 1 is 1.20 bits per heavy atom. The van der Waals surface area contributed by atoms with E-state index in [9.17, 15) is 8.78 Å². The molecule has 0 fully saturated rings. The minimum absolute atomic E-state index is 0.294. The zero-order chi connectivity index (χ0) is 14.7. The molecule has 6 heteroatoms. The van der Waals surface area contributed by atoms with Crippen LogP contribution in [0.25, 0.3) is 0 Å². The molecule has 0 saturated carbocycles. The van der Waals surface area contributed by atoms with Crippen molar-refractivity contribution in [1.82, 2.24) is 5.43 Å². The number of hydrogen-bond donors (Lipinski definition) is 2. The van der Waals surface area contributed by atoms with Crippen LogP contribution in [0.15, 0.2) is 40.9 Å². The number of hydrazine groups is 1. The number of benzene rings is 2. The molecule has 0 saturated heterocycles. The SMILES string of the molecule is NNC(Cc1ccc(F)cc1F)c1ccc(Cl)cc1Br. The fraction of sp³-hybridized carbons (Fsp3) is 0.143. The lowest BCUT2D eigenvalue weighted by molar-refractivity contribution is 0.520. The van der Waals surface area contributed by atoms with Gasteiger partial charge in [-0.05, 0) is 35.7 Å². The van der Waals surface area contributed by atoms with E-state index in [0.29, 0.717) is 17.0 Å². The van der Waals surface area contributed by atoms with Crippen molar-refractivity contribution in [3.05, 3.63) is 68.7 Å². The number of halogens is 4. The van der Waals surface area contributed by atoms with Crippen molar-refractivity contribution in [2.45, 2.75) is 12.5 Å². The summed E-state index contributed by atoms with van der Waals surface area (Å²) in [6.45, 7) is 0. The number of nitrogens with two attached hydrogens (primary N) is 1. The molecule has 106 valence electrons. The molecule has 0 aromatic heterocycles. The third-order valence-corrected chi connectivity index (χ3v) is 3.90. The van der Waals surface area contributed by atoms with Crippen molar-refractivity contribution in [3.63, 3.8) is 0 Å². The highest BCUT2D eigenvalue weighted by Gasteiger charge is 2.16. The van der Waals surface area contributed by atoms with Crippen molar-refractivity contribution in [1.29, 1.82) is 0 Å². The lowest BCUT2D eigenvalue weighted by Crippen LogP contribution is -2.30. The lowest BCUT2D eigenvalue weighted by Gasteiger charge is -2.18. The van der Waals surface area contributed by atoms with Gasteiger partial charge in [0.25, 0.3) is 0 Å². The molecule has 2 nitrogen and oxygen atoms in total. The Morgan fingerprint density at radius 3 is 2.55 bits per heavy atom. The molecule has 1 atom stereocenters. The molecule has 2 rings (SSSR count). The van der Waals surface area contributed by atoms with Crippen molar-refractivity contribution in [2.24, 2.45) is 5.84 Å². The topological polar surface area (TPSA) is 38.0 Å². The third kappa shape index (κ3) is 3.55. The van der Waals surface area contributed by atoms with Gasteiger partial charge in [0.1, 0.15) is 11.6 Å². The molecular formula is C14H12BrClF2N2. The van der Waals surface area contributed by atoms with Crippen LogP contribution in [0.5, 0.6) is 0 Å². The van der Waals surface area contributed by atoms with Crippen LogP contribution in [0, 0.1) is 11.6 Å². The lowest BCUT2D eigenvalue weighted by atomic mass is 9.99. The molecule has 0 spiro atoms. The summed E-state index contributed by atoms with van der Waals surface area (Å²) < 4.78 is 27.4. The Morgan fingerprint density at radius 2 is 1.95 bits per heavy atom. The van der Waals surface area contributed by atoms with Gasteiger partial charge in [0.2, 0.25) is 0 Å². The maximum atomic E-state index is 13.7. The Labute approximate surface area is 129 Å². The van der Waals surface area contributed by atoms with Crippen molar-refractivity contribution < 1.29 is 8.78 Å². The van der Waals surface area contributed by atoms with Crippen LogP contribution in [-0.4, -0.2) is 0 Å². The maximum Gasteiger partial charge on any atom is 0.129 e. The van der Waals surface area contributed by atoms with E-state index in [1.54, 1.807) is 18.2 Å². The standard InChI is InChI=1S/C14H12BrClF2N2/c15-12-6-9(16)2-4-11(12)14(20-19)5-8-1-3-10(17)7-13(8)18/h1-4,6-7,14,20H,5,19H2. The molecule has 0 aliphatic heterocycles. The average Bonchev–Trinajstić information content (AvgIpc) is 2.39. The van der Waals surface area contributed by atoms with Crippen LogP contribution in [0.2, 0.25) is 5.02 Å². The summed E-state index contributed by atoms with van der Waals surface area (Å²) in [4.78, 5) is 0. The molecule has 3 N–H and O–H groups in total. The van der Waals surface area contributed by atoms with Gasteiger partial charge >= 0.3 is 0 Å². The van der Waals surface area contributed by atoms with Crippen LogP contribution < -0.4 is 11.3 Å².